The van der Waals surface area contributed by atoms with E-state index in [1.807, 2.05) is 12.1 Å². The van der Waals surface area contributed by atoms with E-state index < -0.39 is 6.04 Å². The third-order valence-corrected chi connectivity index (χ3v) is 6.03. The highest BCUT2D eigenvalue weighted by atomic mass is 35.5. The van der Waals surface area contributed by atoms with Crippen LogP contribution in [0, 0.1) is 0 Å². The Bertz CT molecular complexity index is 983. The molecule has 0 spiro atoms. The highest BCUT2D eigenvalue weighted by Crippen LogP contribution is 2.33. The maximum atomic E-state index is 13.2. The number of nitrogens with one attached hydrogen (secondary N) is 2. The molecule has 2 atom stereocenters. The van der Waals surface area contributed by atoms with Crippen LogP contribution in [0.3, 0.4) is 0 Å². The third kappa shape index (κ3) is 4.34. The van der Waals surface area contributed by atoms with Crippen LogP contribution >= 0.6 is 12.4 Å². The van der Waals surface area contributed by atoms with Crippen molar-refractivity contribution in [2.75, 3.05) is 25.1 Å². The molecular weight excluding hydrogens is 418 g/mol. The van der Waals surface area contributed by atoms with Gasteiger partial charge in [-0.05, 0) is 42.5 Å². The minimum Gasteiger partial charge on any atom is -0.486 e. The first kappa shape index (κ1) is 21.5. The van der Waals surface area contributed by atoms with Gasteiger partial charge in [0.2, 0.25) is 11.8 Å². The van der Waals surface area contributed by atoms with Crippen molar-refractivity contribution >= 4 is 29.9 Å². The molecule has 8 heteroatoms. The van der Waals surface area contributed by atoms with Gasteiger partial charge in [0.25, 0.3) is 0 Å². The summed E-state index contributed by atoms with van der Waals surface area (Å²) in [6, 6.07) is 12.8. The predicted octanol–water partition coefficient (Wildman–Crippen LogP) is 2.52. The summed E-state index contributed by atoms with van der Waals surface area (Å²) in [6.07, 6.45) is 2.15. The molecule has 0 saturated carbocycles. The van der Waals surface area contributed by atoms with Gasteiger partial charge in [0.15, 0.2) is 11.5 Å². The van der Waals surface area contributed by atoms with Gasteiger partial charge in [-0.15, -0.1) is 12.4 Å². The van der Waals surface area contributed by atoms with Crippen molar-refractivity contribution in [2.45, 2.75) is 37.9 Å². The lowest BCUT2D eigenvalue weighted by Crippen LogP contribution is -2.53. The SMILES string of the molecule is Cl.O=C(Nc1ccc2c(c1)OCCO2)C1CCCN1C(=O)C1Cc2ccccc2CN1. The average Bonchev–Trinajstić information content (AvgIpc) is 3.28. The Kier molecular flexibility index (Phi) is 6.34. The smallest absolute Gasteiger partial charge is 0.247 e. The molecule has 1 saturated heterocycles. The summed E-state index contributed by atoms with van der Waals surface area (Å²) in [6.45, 7) is 2.30. The summed E-state index contributed by atoms with van der Waals surface area (Å²) in [4.78, 5) is 27.9. The summed E-state index contributed by atoms with van der Waals surface area (Å²) in [5.74, 6) is 1.15. The van der Waals surface area contributed by atoms with E-state index in [2.05, 4.69) is 22.8 Å². The maximum Gasteiger partial charge on any atom is 0.247 e. The average molecular weight is 444 g/mol. The Balaban J connectivity index is 0.00000231. The van der Waals surface area contributed by atoms with E-state index in [1.165, 1.54) is 11.1 Å². The fourth-order valence-corrected chi connectivity index (χ4v) is 4.48. The molecule has 3 aliphatic rings. The van der Waals surface area contributed by atoms with Crippen molar-refractivity contribution in [3.63, 3.8) is 0 Å². The Morgan fingerprint density at radius 1 is 1.03 bits per heavy atom. The molecule has 2 N–H and O–H groups in total. The van der Waals surface area contributed by atoms with Crippen LogP contribution in [0.4, 0.5) is 5.69 Å². The van der Waals surface area contributed by atoms with Crippen molar-refractivity contribution in [1.82, 2.24) is 10.2 Å². The predicted molar refractivity (Wildman–Crippen MR) is 119 cm³/mol. The van der Waals surface area contributed by atoms with Crippen LogP contribution in [0.15, 0.2) is 42.5 Å². The van der Waals surface area contributed by atoms with Crippen LogP contribution in [0.5, 0.6) is 11.5 Å². The van der Waals surface area contributed by atoms with Crippen molar-refractivity contribution in [3.05, 3.63) is 53.6 Å². The lowest BCUT2D eigenvalue weighted by molar-refractivity contribution is -0.138. The molecule has 0 aliphatic carbocycles. The molecule has 164 valence electrons. The normalized spacial score (nSPS) is 21.6. The number of nitrogens with zero attached hydrogens (tertiary/aromatic N) is 1. The summed E-state index contributed by atoms with van der Waals surface area (Å²) < 4.78 is 11.1. The van der Waals surface area contributed by atoms with Gasteiger partial charge in [-0.2, -0.15) is 0 Å². The van der Waals surface area contributed by atoms with Gasteiger partial charge < -0.3 is 25.0 Å². The molecule has 0 aromatic heterocycles. The van der Waals surface area contributed by atoms with E-state index in [-0.39, 0.29) is 30.3 Å². The number of hydrogen-bond acceptors (Lipinski definition) is 5. The van der Waals surface area contributed by atoms with Crippen LogP contribution in [0.25, 0.3) is 0 Å². The zero-order valence-electron chi connectivity index (χ0n) is 17.1. The molecule has 7 nitrogen and oxygen atoms in total. The number of carbonyl (C=O) groups is 2. The fourth-order valence-electron chi connectivity index (χ4n) is 4.48. The standard InChI is InChI=1S/C23H25N3O4.ClH/c27-22(25-17-7-8-20-21(13-17)30-11-10-29-20)19-6-3-9-26(19)23(28)18-12-15-4-1-2-5-16(15)14-24-18;/h1-2,4-5,7-8,13,18-19,24H,3,6,9-12,14H2,(H,25,27);1H. The largest absolute Gasteiger partial charge is 0.486 e. The number of ether oxygens (including phenoxy) is 2. The number of fused-ring (bicyclic) bond motifs is 2. The van der Waals surface area contributed by atoms with E-state index in [0.29, 0.717) is 56.3 Å². The first-order chi connectivity index (χ1) is 14.7. The van der Waals surface area contributed by atoms with Gasteiger partial charge in [-0.1, -0.05) is 24.3 Å². The number of carbonyl (C=O) groups excluding carboxylic acids is 2. The maximum absolute atomic E-state index is 13.2. The van der Waals surface area contributed by atoms with Crippen LogP contribution in [-0.2, 0) is 22.6 Å². The van der Waals surface area contributed by atoms with Crippen LogP contribution in [-0.4, -0.2) is 48.6 Å². The van der Waals surface area contributed by atoms with Crippen LogP contribution in [0.2, 0.25) is 0 Å². The first-order valence-corrected chi connectivity index (χ1v) is 10.5. The second-order valence-electron chi connectivity index (χ2n) is 7.94. The number of likely N-dealkylation sites (tertiary alicyclic amines) is 1. The third-order valence-electron chi connectivity index (χ3n) is 6.03. The zero-order valence-corrected chi connectivity index (χ0v) is 18.0. The molecule has 2 aromatic carbocycles. The molecule has 2 unspecified atom stereocenters. The molecule has 0 bridgehead atoms. The molecular formula is C23H26ClN3O4. The monoisotopic (exact) mass is 443 g/mol. The summed E-state index contributed by atoms with van der Waals surface area (Å²) >= 11 is 0. The van der Waals surface area contributed by atoms with Gasteiger partial charge in [0.05, 0.1) is 6.04 Å². The van der Waals surface area contributed by atoms with Crippen molar-refractivity contribution in [3.8, 4) is 11.5 Å². The Labute approximate surface area is 187 Å². The molecule has 31 heavy (non-hydrogen) atoms. The fraction of sp³-hybridized carbons (Fsp3) is 0.391. The lowest BCUT2D eigenvalue weighted by Gasteiger charge is -2.31. The summed E-state index contributed by atoms with van der Waals surface area (Å²) in [5.41, 5.74) is 3.08. The molecule has 3 heterocycles. The van der Waals surface area contributed by atoms with Crippen molar-refractivity contribution in [2.24, 2.45) is 0 Å². The Morgan fingerprint density at radius 2 is 1.81 bits per heavy atom. The molecule has 2 amide bonds. The quantitative estimate of drug-likeness (QED) is 0.762. The Hall–Kier alpha value is -2.77. The highest BCUT2D eigenvalue weighted by Gasteiger charge is 2.38. The lowest BCUT2D eigenvalue weighted by atomic mass is 9.95. The van der Waals surface area contributed by atoms with E-state index in [4.69, 9.17) is 9.47 Å². The number of rotatable bonds is 3. The number of hydrogen-bond donors (Lipinski definition) is 2. The van der Waals surface area contributed by atoms with Gasteiger partial charge >= 0.3 is 0 Å². The minimum absolute atomic E-state index is 0. The molecule has 3 aliphatic heterocycles. The topological polar surface area (TPSA) is 79.9 Å². The van der Waals surface area contributed by atoms with Crippen LogP contribution in [0.1, 0.15) is 24.0 Å². The number of anilines is 1. The summed E-state index contributed by atoms with van der Waals surface area (Å²) in [7, 11) is 0. The zero-order chi connectivity index (χ0) is 20.5. The number of benzene rings is 2. The molecule has 1 fully saturated rings. The van der Waals surface area contributed by atoms with Gasteiger partial charge in [-0.3, -0.25) is 9.59 Å². The number of halogens is 1. The summed E-state index contributed by atoms with van der Waals surface area (Å²) in [5, 5.41) is 6.29. The van der Waals surface area contributed by atoms with Crippen LogP contribution < -0.4 is 20.1 Å². The Morgan fingerprint density at radius 3 is 2.65 bits per heavy atom. The van der Waals surface area contributed by atoms with Crippen molar-refractivity contribution < 1.29 is 19.1 Å². The van der Waals surface area contributed by atoms with E-state index in [9.17, 15) is 9.59 Å². The molecule has 5 rings (SSSR count). The molecule has 2 aromatic rings. The second kappa shape index (κ2) is 9.16. The first-order valence-electron chi connectivity index (χ1n) is 10.5. The minimum atomic E-state index is -0.454. The van der Waals surface area contributed by atoms with Gasteiger partial charge in [0.1, 0.15) is 19.3 Å². The van der Waals surface area contributed by atoms with Crippen molar-refractivity contribution in [1.29, 1.82) is 0 Å². The van der Waals surface area contributed by atoms with Gasteiger partial charge in [-0.25, -0.2) is 0 Å². The van der Waals surface area contributed by atoms with Gasteiger partial charge in [0, 0.05) is 24.8 Å². The van der Waals surface area contributed by atoms with E-state index >= 15 is 0 Å². The molecule has 0 radical (unpaired) electrons. The second-order valence-corrected chi connectivity index (χ2v) is 7.94. The highest BCUT2D eigenvalue weighted by molar-refractivity contribution is 5.98. The van der Waals surface area contributed by atoms with E-state index in [1.54, 1.807) is 23.1 Å². The van der Waals surface area contributed by atoms with E-state index in [0.717, 1.165) is 6.42 Å². The number of amides is 2.